The van der Waals surface area contributed by atoms with E-state index in [-0.39, 0.29) is 11.7 Å². The van der Waals surface area contributed by atoms with Crippen molar-refractivity contribution in [2.24, 2.45) is 0 Å². The molecule has 1 aromatic heterocycles. The minimum atomic E-state index is -0.995. The number of aliphatic carboxylic acids is 1. The fourth-order valence-corrected chi connectivity index (χ4v) is 3.66. The number of amides is 1. The van der Waals surface area contributed by atoms with Gasteiger partial charge < -0.3 is 10.0 Å². The Balaban J connectivity index is 2.05. The summed E-state index contributed by atoms with van der Waals surface area (Å²) in [4.78, 5) is 30.6. The molecule has 1 aromatic rings. The monoisotopic (exact) mass is 308 g/mol. The molecule has 1 N–H and O–H groups in total. The number of hydrogen-bond acceptors (Lipinski definition) is 4. The van der Waals surface area contributed by atoms with E-state index in [2.05, 4.69) is 4.98 Å². The Labute approximate surface area is 128 Å². The summed E-state index contributed by atoms with van der Waals surface area (Å²) < 4.78 is 0. The van der Waals surface area contributed by atoms with Crippen molar-refractivity contribution in [1.29, 1.82) is 0 Å². The molecule has 1 aliphatic heterocycles. The highest BCUT2D eigenvalue weighted by Gasteiger charge is 2.48. The van der Waals surface area contributed by atoms with Gasteiger partial charge in [-0.2, -0.15) is 0 Å². The lowest BCUT2D eigenvalue weighted by Gasteiger charge is -2.34. The lowest BCUT2D eigenvalue weighted by molar-refractivity contribution is -0.156. The van der Waals surface area contributed by atoms with Crippen LogP contribution < -0.4 is 0 Å². The van der Waals surface area contributed by atoms with E-state index in [1.165, 1.54) is 11.8 Å². The maximum absolute atomic E-state index is 12.4. The zero-order valence-electron chi connectivity index (χ0n) is 12.1. The number of thioether (sulfide) groups is 1. The number of aromatic nitrogens is 1. The lowest BCUT2D eigenvalue weighted by Crippen LogP contribution is -2.53. The Morgan fingerprint density at radius 2 is 2.14 bits per heavy atom. The highest BCUT2D eigenvalue weighted by atomic mass is 32.2. The van der Waals surface area contributed by atoms with E-state index in [4.69, 9.17) is 0 Å². The van der Waals surface area contributed by atoms with E-state index in [9.17, 15) is 14.7 Å². The Morgan fingerprint density at radius 3 is 2.76 bits per heavy atom. The molecule has 6 heteroatoms. The van der Waals surface area contributed by atoms with Crippen LogP contribution in [0.5, 0.6) is 0 Å². The molecule has 1 amide bonds. The van der Waals surface area contributed by atoms with Gasteiger partial charge in [-0.3, -0.25) is 9.78 Å². The van der Waals surface area contributed by atoms with Gasteiger partial charge in [0.1, 0.15) is 5.54 Å². The summed E-state index contributed by atoms with van der Waals surface area (Å²) >= 11 is 1.42. The van der Waals surface area contributed by atoms with Crippen LogP contribution in [-0.2, 0) is 9.59 Å². The Hall–Kier alpha value is -1.56. The molecule has 5 nitrogen and oxygen atoms in total. The van der Waals surface area contributed by atoms with E-state index in [0.29, 0.717) is 19.4 Å². The van der Waals surface area contributed by atoms with Crippen molar-refractivity contribution in [3.8, 4) is 0 Å². The molecule has 0 radical (unpaired) electrons. The summed E-state index contributed by atoms with van der Waals surface area (Å²) in [6.07, 6.45) is 5.96. The van der Waals surface area contributed by atoms with Gasteiger partial charge >= 0.3 is 5.97 Å². The van der Waals surface area contributed by atoms with Crippen LogP contribution in [0, 0.1) is 0 Å². The van der Waals surface area contributed by atoms with Crippen LogP contribution in [-0.4, -0.2) is 44.7 Å². The first-order valence-corrected chi connectivity index (χ1v) is 8.15. The molecule has 1 fully saturated rings. The van der Waals surface area contributed by atoms with Gasteiger partial charge in [-0.05, 0) is 31.4 Å². The highest BCUT2D eigenvalue weighted by molar-refractivity contribution is 8.00. The summed E-state index contributed by atoms with van der Waals surface area (Å²) in [5.41, 5.74) is -0.995. The molecule has 0 bridgehead atoms. The van der Waals surface area contributed by atoms with Gasteiger partial charge in [0.2, 0.25) is 5.91 Å². The summed E-state index contributed by atoms with van der Waals surface area (Å²) in [7, 11) is 0. The van der Waals surface area contributed by atoms with Crippen molar-refractivity contribution in [2.45, 2.75) is 43.0 Å². The smallest absolute Gasteiger partial charge is 0.329 e. The molecule has 21 heavy (non-hydrogen) atoms. The van der Waals surface area contributed by atoms with Crippen LogP contribution in [0.15, 0.2) is 29.4 Å². The first-order valence-electron chi connectivity index (χ1n) is 7.17. The van der Waals surface area contributed by atoms with Gasteiger partial charge in [-0.1, -0.05) is 13.3 Å². The summed E-state index contributed by atoms with van der Waals surface area (Å²) in [6.45, 7) is 2.50. The number of likely N-dealkylation sites (tertiary alicyclic amines) is 1. The number of rotatable bonds is 6. The molecule has 2 rings (SSSR count). The molecule has 0 spiro atoms. The zero-order valence-corrected chi connectivity index (χ0v) is 12.9. The summed E-state index contributed by atoms with van der Waals surface area (Å²) in [5.74, 6) is -0.697. The average molecular weight is 308 g/mol. The van der Waals surface area contributed by atoms with Crippen LogP contribution in [0.3, 0.4) is 0 Å². The predicted molar refractivity (Wildman–Crippen MR) is 81.2 cm³/mol. The van der Waals surface area contributed by atoms with Crippen molar-refractivity contribution >= 4 is 23.6 Å². The lowest BCUT2D eigenvalue weighted by atomic mass is 9.90. The van der Waals surface area contributed by atoms with E-state index >= 15 is 0 Å². The molecule has 1 saturated heterocycles. The van der Waals surface area contributed by atoms with Gasteiger partial charge in [0.25, 0.3) is 0 Å². The largest absolute Gasteiger partial charge is 0.479 e. The molecule has 1 atom stereocenters. The topological polar surface area (TPSA) is 70.5 Å². The molecule has 114 valence electrons. The van der Waals surface area contributed by atoms with Crippen molar-refractivity contribution in [3.05, 3.63) is 24.5 Å². The fourth-order valence-electron chi connectivity index (χ4n) is 2.90. The van der Waals surface area contributed by atoms with Crippen LogP contribution in [0.2, 0.25) is 0 Å². The standard InChI is InChI=1S/C15H20N2O3S/c1-2-6-15(14(19)20)7-3-10-17(15)13(18)11-21-12-4-8-16-9-5-12/h4-5,8-9H,2-3,6-7,10-11H2,1H3,(H,19,20). The molecular formula is C15H20N2O3S. The number of carboxylic acids is 1. The van der Waals surface area contributed by atoms with Crippen molar-refractivity contribution in [3.63, 3.8) is 0 Å². The normalized spacial score (nSPS) is 21.5. The van der Waals surface area contributed by atoms with Crippen LogP contribution in [0.1, 0.15) is 32.6 Å². The maximum Gasteiger partial charge on any atom is 0.329 e. The number of carbonyl (C=O) groups excluding carboxylic acids is 1. The fraction of sp³-hybridized carbons (Fsp3) is 0.533. The third kappa shape index (κ3) is 3.37. The predicted octanol–water partition coefficient (Wildman–Crippen LogP) is 2.42. The maximum atomic E-state index is 12.4. The molecule has 0 aliphatic carbocycles. The first kappa shape index (κ1) is 15.8. The highest BCUT2D eigenvalue weighted by Crippen LogP contribution is 2.35. The zero-order chi connectivity index (χ0) is 15.3. The molecule has 1 aliphatic rings. The summed E-state index contributed by atoms with van der Waals surface area (Å²) in [5, 5.41) is 9.59. The first-order chi connectivity index (χ1) is 10.1. The van der Waals surface area contributed by atoms with Gasteiger partial charge in [-0.15, -0.1) is 11.8 Å². The van der Waals surface area contributed by atoms with E-state index < -0.39 is 11.5 Å². The number of pyridine rings is 1. The van der Waals surface area contributed by atoms with Gasteiger partial charge in [0, 0.05) is 23.8 Å². The van der Waals surface area contributed by atoms with Gasteiger partial charge in [0.05, 0.1) is 5.75 Å². The number of carbonyl (C=O) groups is 2. The van der Waals surface area contributed by atoms with E-state index in [0.717, 1.165) is 17.7 Å². The van der Waals surface area contributed by atoms with E-state index in [1.807, 2.05) is 19.1 Å². The quantitative estimate of drug-likeness (QED) is 0.817. The summed E-state index contributed by atoms with van der Waals surface area (Å²) in [6, 6.07) is 3.69. The molecular weight excluding hydrogens is 288 g/mol. The molecule has 0 aromatic carbocycles. The average Bonchev–Trinajstić information content (AvgIpc) is 2.91. The SMILES string of the molecule is CCCC1(C(=O)O)CCCN1C(=O)CSc1ccncc1. The second-order valence-corrected chi connectivity index (χ2v) is 6.26. The van der Waals surface area contributed by atoms with Crippen LogP contribution >= 0.6 is 11.8 Å². The Bertz CT molecular complexity index is 509. The van der Waals surface area contributed by atoms with E-state index in [1.54, 1.807) is 17.3 Å². The van der Waals surface area contributed by atoms with Gasteiger partial charge in [-0.25, -0.2) is 4.79 Å². The number of hydrogen-bond donors (Lipinski definition) is 1. The Kier molecular flexibility index (Phi) is 5.22. The van der Waals surface area contributed by atoms with Crippen molar-refractivity contribution in [1.82, 2.24) is 9.88 Å². The van der Waals surface area contributed by atoms with Gasteiger partial charge in [0.15, 0.2) is 0 Å². The molecule has 2 heterocycles. The number of nitrogens with zero attached hydrogens (tertiary/aromatic N) is 2. The van der Waals surface area contributed by atoms with Crippen molar-refractivity contribution in [2.75, 3.05) is 12.3 Å². The minimum absolute atomic E-state index is 0.0924. The second-order valence-electron chi connectivity index (χ2n) is 5.21. The second kappa shape index (κ2) is 6.93. The van der Waals surface area contributed by atoms with Crippen LogP contribution in [0.25, 0.3) is 0 Å². The number of carboxylic acid groups (broad SMARTS) is 1. The van der Waals surface area contributed by atoms with Crippen LogP contribution in [0.4, 0.5) is 0 Å². The van der Waals surface area contributed by atoms with Crippen molar-refractivity contribution < 1.29 is 14.7 Å². The minimum Gasteiger partial charge on any atom is -0.479 e. The molecule has 0 saturated carbocycles. The Morgan fingerprint density at radius 1 is 1.43 bits per heavy atom. The molecule has 1 unspecified atom stereocenters. The third-order valence-electron chi connectivity index (χ3n) is 3.86. The third-order valence-corrected chi connectivity index (χ3v) is 4.86.